The minimum atomic E-state index is -2.28. The first kappa shape index (κ1) is 35.4. The number of rotatable bonds is 19. The predicted octanol–water partition coefficient (Wildman–Crippen LogP) is -0.0102. The van der Waals surface area contributed by atoms with Crippen molar-refractivity contribution in [2.24, 2.45) is 5.73 Å². The average Bonchev–Trinajstić information content (AvgIpc) is 2.95. The zero-order valence-electron chi connectivity index (χ0n) is 23.9. The summed E-state index contributed by atoms with van der Waals surface area (Å²) in [5.74, 6) is -0.619. The second-order valence-corrected chi connectivity index (χ2v) is 11.3. The molecule has 0 spiro atoms. The summed E-state index contributed by atoms with van der Waals surface area (Å²) in [6, 6.07) is 0. The lowest BCUT2D eigenvalue weighted by molar-refractivity contribution is -0.348. The fraction of sp³-hybridized carbons (Fsp3) is 0.964. The molecule has 2 aliphatic heterocycles. The summed E-state index contributed by atoms with van der Waals surface area (Å²) in [6.07, 6.45) is 0.219. The first-order valence-electron chi connectivity index (χ1n) is 15.0. The van der Waals surface area contributed by atoms with Gasteiger partial charge in [0, 0.05) is 6.42 Å². The average molecular weight is 580 g/mol. The summed E-state index contributed by atoms with van der Waals surface area (Å²) in [5.41, 5.74) is 3.84. The summed E-state index contributed by atoms with van der Waals surface area (Å²) in [5, 5.41) is 70.9. The van der Waals surface area contributed by atoms with Gasteiger partial charge in [-0.2, -0.15) is 0 Å². The van der Waals surface area contributed by atoms with Gasteiger partial charge in [0.25, 0.3) is 0 Å². The molecule has 0 bridgehead atoms. The smallest absolute Gasteiger partial charge is 0.205 e. The van der Waals surface area contributed by atoms with Crippen LogP contribution in [-0.2, 0) is 19.0 Å². The number of hydrogen-bond acceptors (Lipinski definition) is 12. The SMILES string of the molecule is CCCCCCCCCCCCCCCC(=O)C1(N)O[C@H](CO)[C@@H](O[C@@H]2O[C@H](CO)[C@@H](O)[C@H](O)[C@@H]2O)[C@H](O)[C@@H]1O. The highest BCUT2D eigenvalue weighted by molar-refractivity contribution is 5.87. The van der Waals surface area contributed by atoms with Crippen LogP contribution < -0.4 is 5.73 Å². The molecule has 2 saturated heterocycles. The molecular formula is C28H53NO11. The second-order valence-electron chi connectivity index (χ2n) is 11.3. The Balaban J connectivity index is 1.77. The van der Waals surface area contributed by atoms with Gasteiger partial charge in [-0.05, 0) is 6.42 Å². The molecule has 0 aromatic carbocycles. The Bertz CT molecular complexity index is 712. The first-order chi connectivity index (χ1) is 19.1. The van der Waals surface area contributed by atoms with Gasteiger partial charge in [-0.15, -0.1) is 0 Å². The van der Waals surface area contributed by atoms with Gasteiger partial charge in [-0.1, -0.05) is 84.0 Å². The molecule has 0 aromatic rings. The predicted molar refractivity (Wildman–Crippen MR) is 145 cm³/mol. The third kappa shape index (κ3) is 9.63. The molecule has 2 rings (SSSR count). The number of carbonyl (C=O) groups is 1. The standard InChI is InChI=1S/C28H53NO11/c1-2-3-4-5-6-7-8-9-10-11-12-13-14-15-20(32)28(29)26(37)24(36)25(19(17-31)40-28)39-27-23(35)22(34)21(33)18(16-30)38-27/h18-19,21-27,30-31,33-37H,2-17,29H2,1H3/t18-,19-,21-,22+,23+,24+,25-,26+,27+,28?/m1/s1. The van der Waals surface area contributed by atoms with E-state index in [1.54, 1.807) is 0 Å². The van der Waals surface area contributed by atoms with E-state index in [1.807, 2.05) is 0 Å². The summed E-state index contributed by atoms with van der Waals surface area (Å²) < 4.78 is 16.4. The zero-order chi connectivity index (χ0) is 29.7. The maximum absolute atomic E-state index is 13.0. The van der Waals surface area contributed by atoms with Crippen molar-refractivity contribution < 1.29 is 54.8 Å². The molecule has 2 heterocycles. The maximum atomic E-state index is 13.0. The van der Waals surface area contributed by atoms with Crippen molar-refractivity contribution in [3.8, 4) is 0 Å². The number of aliphatic hydroxyl groups is 7. The minimum Gasteiger partial charge on any atom is -0.394 e. The highest BCUT2D eigenvalue weighted by Crippen LogP contribution is 2.33. The van der Waals surface area contributed by atoms with E-state index in [9.17, 15) is 40.5 Å². The molecule has 2 fully saturated rings. The molecule has 12 nitrogen and oxygen atoms in total. The molecule has 10 atom stereocenters. The van der Waals surface area contributed by atoms with Crippen LogP contribution in [0.4, 0.5) is 0 Å². The number of carbonyl (C=O) groups excluding carboxylic acids is 1. The van der Waals surface area contributed by atoms with Crippen LogP contribution in [0.2, 0.25) is 0 Å². The van der Waals surface area contributed by atoms with Gasteiger partial charge >= 0.3 is 0 Å². The van der Waals surface area contributed by atoms with Crippen LogP contribution in [0.25, 0.3) is 0 Å². The van der Waals surface area contributed by atoms with Gasteiger partial charge < -0.3 is 50.0 Å². The van der Waals surface area contributed by atoms with E-state index in [0.717, 1.165) is 25.7 Å². The molecule has 0 radical (unpaired) electrons. The van der Waals surface area contributed by atoms with E-state index >= 15 is 0 Å². The second kappa shape index (κ2) is 18.0. The van der Waals surface area contributed by atoms with Gasteiger partial charge in [-0.25, -0.2) is 0 Å². The lowest BCUT2D eigenvalue weighted by Crippen LogP contribution is -2.73. The fourth-order valence-corrected chi connectivity index (χ4v) is 5.41. The van der Waals surface area contributed by atoms with Crippen molar-refractivity contribution in [2.75, 3.05) is 13.2 Å². The number of aliphatic hydroxyl groups excluding tert-OH is 7. The minimum absolute atomic E-state index is 0.0222. The number of Topliss-reactive ketones (excluding diaryl/α,β-unsaturated/α-hetero) is 1. The Hall–Kier alpha value is -0.770. The molecule has 40 heavy (non-hydrogen) atoms. The van der Waals surface area contributed by atoms with E-state index in [2.05, 4.69) is 6.92 Å². The quantitative estimate of drug-likeness (QED) is 0.0949. The van der Waals surface area contributed by atoms with Crippen LogP contribution in [0.1, 0.15) is 96.8 Å². The van der Waals surface area contributed by atoms with Crippen LogP contribution in [0, 0.1) is 0 Å². The Labute approximate surface area is 237 Å². The van der Waals surface area contributed by atoms with Crippen molar-refractivity contribution in [3.05, 3.63) is 0 Å². The van der Waals surface area contributed by atoms with Gasteiger partial charge in [0.15, 0.2) is 12.1 Å². The normalized spacial score (nSPS) is 36.6. The molecule has 0 amide bonds. The Morgan fingerprint density at radius 3 is 1.73 bits per heavy atom. The number of hydrogen-bond donors (Lipinski definition) is 8. The van der Waals surface area contributed by atoms with E-state index in [-0.39, 0.29) is 6.42 Å². The third-order valence-corrected chi connectivity index (χ3v) is 8.08. The van der Waals surface area contributed by atoms with Crippen LogP contribution in [0.15, 0.2) is 0 Å². The van der Waals surface area contributed by atoms with Crippen molar-refractivity contribution in [1.82, 2.24) is 0 Å². The van der Waals surface area contributed by atoms with Crippen LogP contribution >= 0.6 is 0 Å². The van der Waals surface area contributed by atoms with E-state index in [0.29, 0.717) is 6.42 Å². The molecule has 0 saturated carbocycles. The molecule has 12 heteroatoms. The largest absolute Gasteiger partial charge is 0.394 e. The van der Waals surface area contributed by atoms with Crippen molar-refractivity contribution in [3.63, 3.8) is 0 Å². The van der Waals surface area contributed by atoms with E-state index in [1.165, 1.54) is 51.4 Å². The molecule has 1 unspecified atom stereocenters. The lowest BCUT2D eigenvalue weighted by Gasteiger charge is -2.49. The summed E-state index contributed by atoms with van der Waals surface area (Å²) in [4.78, 5) is 13.0. The molecule has 236 valence electrons. The number of ether oxygens (including phenoxy) is 3. The van der Waals surface area contributed by atoms with Gasteiger partial charge in [0.2, 0.25) is 5.72 Å². The topological polar surface area (TPSA) is 212 Å². The fourth-order valence-electron chi connectivity index (χ4n) is 5.41. The molecule has 0 aliphatic carbocycles. The summed E-state index contributed by atoms with van der Waals surface area (Å²) in [7, 11) is 0. The summed E-state index contributed by atoms with van der Waals surface area (Å²) >= 11 is 0. The van der Waals surface area contributed by atoms with Crippen molar-refractivity contribution in [2.45, 2.75) is 158 Å². The highest BCUT2D eigenvalue weighted by Gasteiger charge is 2.57. The van der Waals surface area contributed by atoms with Gasteiger partial charge in [0.1, 0.15) is 48.8 Å². The van der Waals surface area contributed by atoms with Crippen LogP contribution in [0.3, 0.4) is 0 Å². The Morgan fingerprint density at radius 1 is 0.725 bits per heavy atom. The number of ketones is 1. The lowest BCUT2D eigenvalue weighted by atomic mass is 9.86. The van der Waals surface area contributed by atoms with E-state index < -0.39 is 79.8 Å². The molecule has 2 aliphatic rings. The number of nitrogens with two attached hydrogens (primary N) is 1. The highest BCUT2D eigenvalue weighted by atomic mass is 16.7. The zero-order valence-corrected chi connectivity index (χ0v) is 23.9. The van der Waals surface area contributed by atoms with E-state index in [4.69, 9.17) is 19.9 Å². The van der Waals surface area contributed by atoms with Gasteiger partial charge in [-0.3, -0.25) is 10.5 Å². The Kier molecular flexibility index (Phi) is 16.0. The number of unbranched alkanes of at least 4 members (excludes halogenated alkanes) is 12. The van der Waals surface area contributed by atoms with Gasteiger partial charge in [0.05, 0.1) is 13.2 Å². The first-order valence-corrected chi connectivity index (χ1v) is 15.0. The van der Waals surface area contributed by atoms with Crippen molar-refractivity contribution in [1.29, 1.82) is 0 Å². The summed E-state index contributed by atoms with van der Waals surface area (Å²) in [6.45, 7) is 0.773. The molecule has 9 N–H and O–H groups in total. The van der Waals surface area contributed by atoms with Crippen LogP contribution in [0.5, 0.6) is 0 Å². The Morgan fingerprint density at radius 2 is 1.23 bits per heavy atom. The molecule has 0 aromatic heterocycles. The molecular weight excluding hydrogens is 526 g/mol. The maximum Gasteiger partial charge on any atom is 0.205 e. The third-order valence-electron chi connectivity index (χ3n) is 8.08. The van der Waals surface area contributed by atoms with Crippen LogP contribution in [-0.4, -0.2) is 116 Å². The monoisotopic (exact) mass is 579 g/mol. The van der Waals surface area contributed by atoms with Crippen molar-refractivity contribution >= 4 is 5.78 Å².